The topological polar surface area (TPSA) is 67.3 Å². The van der Waals surface area contributed by atoms with Crippen molar-refractivity contribution in [1.82, 2.24) is 20.4 Å². The molecule has 3 heterocycles. The Balaban J connectivity index is 1.51. The second kappa shape index (κ2) is 5.99. The highest BCUT2D eigenvalue weighted by molar-refractivity contribution is 5.00. The zero-order valence-electron chi connectivity index (χ0n) is 10.8. The zero-order valence-corrected chi connectivity index (χ0v) is 10.8. The molecule has 1 saturated heterocycles. The Morgan fingerprint density at radius 1 is 1.26 bits per heavy atom. The molecule has 0 radical (unpaired) electrons. The van der Waals surface area contributed by atoms with E-state index in [9.17, 15) is 0 Å². The number of furan rings is 1. The van der Waals surface area contributed by atoms with Gasteiger partial charge in [0.15, 0.2) is 5.82 Å². The van der Waals surface area contributed by atoms with E-state index in [0.717, 1.165) is 57.2 Å². The Bertz CT molecular complexity index is 488. The van der Waals surface area contributed by atoms with Crippen molar-refractivity contribution in [1.29, 1.82) is 0 Å². The molecule has 0 saturated carbocycles. The van der Waals surface area contributed by atoms with Crippen molar-refractivity contribution < 1.29 is 8.94 Å². The van der Waals surface area contributed by atoms with Crippen LogP contribution < -0.4 is 5.32 Å². The van der Waals surface area contributed by atoms with E-state index < -0.39 is 0 Å². The first kappa shape index (κ1) is 12.4. The molecule has 1 aliphatic rings. The molecular formula is C13H18N4O2. The summed E-state index contributed by atoms with van der Waals surface area (Å²) in [5.74, 6) is 2.40. The van der Waals surface area contributed by atoms with E-state index in [2.05, 4.69) is 20.4 Å². The summed E-state index contributed by atoms with van der Waals surface area (Å²) in [6.45, 7) is 4.91. The maximum atomic E-state index is 5.28. The molecule has 2 aromatic heterocycles. The van der Waals surface area contributed by atoms with Gasteiger partial charge < -0.3 is 14.3 Å². The molecule has 1 N–H and O–H groups in total. The Labute approximate surface area is 111 Å². The maximum Gasteiger partial charge on any atom is 0.227 e. The minimum Gasteiger partial charge on any atom is -0.469 e. The molecule has 2 aromatic rings. The Kier molecular flexibility index (Phi) is 3.90. The fraction of sp³-hybridized carbons (Fsp3) is 0.538. The number of hydrogen-bond donors (Lipinski definition) is 1. The van der Waals surface area contributed by atoms with Gasteiger partial charge in [-0.2, -0.15) is 4.98 Å². The highest BCUT2D eigenvalue weighted by Gasteiger charge is 2.14. The number of nitrogens with zero attached hydrogens (tertiary/aromatic N) is 3. The van der Waals surface area contributed by atoms with Crippen molar-refractivity contribution in [2.75, 3.05) is 26.2 Å². The molecule has 0 atom stereocenters. The van der Waals surface area contributed by atoms with Gasteiger partial charge in [0, 0.05) is 39.0 Å². The molecule has 102 valence electrons. The lowest BCUT2D eigenvalue weighted by molar-refractivity contribution is 0.224. The lowest BCUT2D eigenvalue weighted by Crippen LogP contribution is -2.43. The normalized spacial score (nSPS) is 16.8. The summed E-state index contributed by atoms with van der Waals surface area (Å²) in [6.07, 6.45) is 3.20. The third kappa shape index (κ3) is 3.42. The number of piperazine rings is 1. The van der Waals surface area contributed by atoms with Gasteiger partial charge in [-0.1, -0.05) is 5.16 Å². The van der Waals surface area contributed by atoms with E-state index in [-0.39, 0.29) is 0 Å². The van der Waals surface area contributed by atoms with Gasteiger partial charge in [-0.15, -0.1) is 0 Å². The zero-order chi connectivity index (χ0) is 12.9. The summed E-state index contributed by atoms with van der Waals surface area (Å²) >= 11 is 0. The molecule has 6 nitrogen and oxygen atoms in total. The van der Waals surface area contributed by atoms with E-state index in [1.165, 1.54) is 0 Å². The highest BCUT2D eigenvalue weighted by Crippen LogP contribution is 2.08. The summed E-state index contributed by atoms with van der Waals surface area (Å²) in [6, 6.07) is 3.84. The van der Waals surface area contributed by atoms with Crippen LogP contribution >= 0.6 is 0 Å². The predicted octanol–water partition coefficient (Wildman–Crippen LogP) is 0.853. The molecule has 0 aromatic carbocycles. The fourth-order valence-corrected chi connectivity index (χ4v) is 2.21. The smallest absolute Gasteiger partial charge is 0.227 e. The standard InChI is InChI=1S/C13H18N4O2/c1-2-11(18-9-1)3-4-13-15-12(16-19-13)10-17-7-5-14-6-8-17/h1-2,9,14H,3-8,10H2. The molecule has 6 heteroatoms. The number of nitrogens with one attached hydrogen (secondary N) is 1. The lowest BCUT2D eigenvalue weighted by Gasteiger charge is -2.25. The summed E-state index contributed by atoms with van der Waals surface area (Å²) in [5, 5.41) is 7.36. The van der Waals surface area contributed by atoms with Crippen molar-refractivity contribution in [3.05, 3.63) is 35.9 Å². The average Bonchev–Trinajstić information content (AvgIpc) is 3.09. The summed E-state index contributed by atoms with van der Waals surface area (Å²) in [5.41, 5.74) is 0. The quantitative estimate of drug-likeness (QED) is 0.861. The van der Waals surface area contributed by atoms with Crippen molar-refractivity contribution >= 4 is 0 Å². The molecule has 19 heavy (non-hydrogen) atoms. The summed E-state index contributed by atoms with van der Waals surface area (Å²) < 4.78 is 10.5. The molecular weight excluding hydrogens is 244 g/mol. The minimum atomic E-state index is 0.682. The first-order valence-electron chi connectivity index (χ1n) is 6.67. The number of aromatic nitrogens is 2. The van der Waals surface area contributed by atoms with Gasteiger partial charge in [-0.05, 0) is 12.1 Å². The van der Waals surface area contributed by atoms with Crippen LogP contribution in [0.5, 0.6) is 0 Å². The van der Waals surface area contributed by atoms with Crippen LogP contribution in [0.25, 0.3) is 0 Å². The average molecular weight is 262 g/mol. The van der Waals surface area contributed by atoms with Crippen molar-refractivity contribution in [2.24, 2.45) is 0 Å². The molecule has 0 aliphatic carbocycles. The van der Waals surface area contributed by atoms with Crippen molar-refractivity contribution in [3.63, 3.8) is 0 Å². The third-order valence-corrected chi connectivity index (χ3v) is 3.25. The number of hydrogen-bond acceptors (Lipinski definition) is 6. The lowest BCUT2D eigenvalue weighted by atomic mass is 10.2. The van der Waals surface area contributed by atoms with Crippen LogP contribution in [0, 0.1) is 0 Å². The van der Waals surface area contributed by atoms with Crippen LogP contribution in [0.15, 0.2) is 27.3 Å². The molecule has 1 fully saturated rings. The molecule has 0 unspecified atom stereocenters. The molecule has 0 spiro atoms. The van der Waals surface area contributed by atoms with E-state index in [4.69, 9.17) is 8.94 Å². The minimum absolute atomic E-state index is 0.682. The maximum absolute atomic E-state index is 5.28. The predicted molar refractivity (Wildman–Crippen MR) is 68.6 cm³/mol. The van der Waals surface area contributed by atoms with Crippen molar-refractivity contribution in [3.8, 4) is 0 Å². The summed E-state index contributed by atoms with van der Waals surface area (Å²) in [4.78, 5) is 6.75. The largest absolute Gasteiger partial charge is 0.469 e. The van der Waals surface area contributed by atoms with Crippen LogP contribution in [0.3, 0.4) is 0 Å². The van der Waals surface area contributed by atoms with Crippen LogP contribution in [0.2, 0.25) is 0 Å². The first-order valence-corrected chi connectivity index (χ1v) is 6.67. The molecule has 1 aliphatic heterocycles. The van der Waals surface area contributed by atoms with Crippen molar-refractivity contribution in [2.45, 2.75) is 19.4 Å². The van der Waals surface area contributed by atoms with Gasteiger partial charge >= 0.3 is 0 Å². The first-order chi connectivity index (χ1) is 9.40. The van der Waals surface area contributed by atoms with Gasteiger partial charge in [-0.25, -0.2) is 0 Å². The van der Waals surface area contributed by atoms with Gasteiger partial charge in [0.2, 0.25) is 5.89 Å². The monoisotopic (exact) mass is 262 g/mol. The van der Waals surface area contributed by atoms with Crippen LogP contribution in [-0.4, -0.2) is 41.2 Å². The fourth-order valence-electron chi connectivity index (χ4n) is 2.21. The van der Waals surface area contributed by atoms with Gasteiger partial charge in [-0.3, -0.25) is 4.90 Å². The van der Waals surface area contributed by atoms with Crippen LogP contribution in [-0.2, 0) is 19.4 Å². The summed E-state index contributed by atoms with van der Waals surface area (Å²) in [7, 11) is 0. The second-order valence-corrected chi connectivity index (χ2v) is 4.71. The molecule has 3 rings (SSSR count). The van der Waals surface area contributed by atoms with Gasteiger partial charge in [0.05, 0.1) is 12.8 Å². The van der Waals surface area contributed by atoms with Crippen LogP contribution in [0.1, 0.15) is 17.5 Å². The second-order valence-electron chi connectivity index (χ2n) is 4.71. The van der Waals surface area contributed by atoms with Gasteiger partial charge in [0.25, 0.3) is 0 Å². The highest BCUT2D eigenvalue weighted by atomic mass is 16.5. The Hall–Kier alpha value is -1.66. The molecule has 0 amide bonds. The van der Waals surface area contributed by atoms with Crippen LogP contribution in [0.4, 0.5) is 0 Å². The number of aryl methyl sites for hydroxylation is 2. The van der Waals surface area contributed by atoms with E-state index in [0.29, 0.717) is 5.89 Å². The van der Waals surface area contributed by atoms with E-state index in [1.54, 1.807) is 6.26 Å². The Morgan fingerprint density at radius 2 is 2.16 bits per heavy atom. The SMILES string of the molecule is c1coc(CCc2nc(CN3CCNCC3)no2)c1. The Morgan fingerprint density at radius 3 is 2.95 bits per heavy atom. The molecule has 0 bridgehead atoms. The van der Waals surface area contributed by atoms with Gasteiger partial charge in [0.1, 0.15) is 5.76 Å². The van der Waals surface area contributed by atoms with E-state index in [1.807, 2.05) is 12.1 Å². The van der Waals surface area contributed by atoms with E-state index >= 15 is 0 Å². The third-order valence-electron chi connectivity index (χ3n) is 3.25. The number of rotatable bonds is 5.